The first-order valence-corrected chi connectivity index (χ1v) is 15.9. The first-order chi connectivity index (χ1) is 16.3. The fourth-order valence-corrected chi connectivity index (χ4v) is 5.34. The lowest BCUT2D eigenvalue weighted by atomic mass is 10.1. The highest BCUT2D eigenvalue weighted by Crippen LogP contribution is 2.37. The zero-order chi connectivity index (χ0) is 23.9. The van der Waals surface area contributed by atoms with Crippen molar-refractivity contribution in [2.75, 3.05) is 31.3 Å². The summed E-state index contributed by atoms with van der Waals surface area (Å²) in [6.07, 6.45) is 3.64. The molecule has 0 N–H and O–H groups in total. The Morgan fingerprint density at radius 3 is 2.82 bits per heavy atom. The first-order valence-electron chi connectivity index (χ1n) is 12.2. The molecule has 1 unspecified atom stereocenters. The van der Waals surface area contributed by atoms with Crippen LogP contribution in [0.15, 0.2) is 35.3 Å². The van der Waals surface area contributed by atoms with Crippen molar-refractivity contribution < 1.29 is 14.2 Å². The van der Waals surface area contributed by atoms with Crippen molar-refractivity contribution in [1.29, 1.82) is 0 Å². The van der Waals surface area contributed by atoms with Crippen molar-refractivity contribution >= 4 is 24.9 Å². The van der Waals surface area contributed by atoms with Crippen molar-refractivity contribution in [3.8, 4) is 17.2 Å². The van der Waals surface area contributed by atoms with Crippen LogP contribution in [-0.4, -0.2) is 54.6 Å². The number of nitrogens with zero attached hydrogens (tertiary/aromatic N) is 4. The van der Waals surface area contributed by atoms with E-state index in [1.54, 1.807) is 15.3 Å². The molecule has 2 aliphatic heterocycles. The highest BCUT2D eigenvalue weighted by atomic mass is 28.3. The zero-order valence-corrected chi connectivity index (χ0v) is 21.5. The first kappa shape index (κ1) is 23.0. The van der Waals surface area contributed by atoms with E-state index in [2.05, 4.69) is 42.5 Å². The third-order valence-corrected chi connectivity index (χ3v) is 8.26. The number of aromatic nitrogens is 3. The standard InChI is InChI=1S/C25H34N4O4Si/c1-18-16-33-21-8-7-19-15-20(21)27(18)11-5-6-12-32-22-9-10-26-24-23(22)29(19)25(30)28(24)17-31-13-14-34(2,3)4/h7-10,15,18H,5-6,11-14,16-17H2,1-4H3. The molecule has 1 atom stereocenters. The maximum atomic E-state index is 13.7. The summed E-state index contributed by atoms with van der Waals surface area (Å²) >= 11 is 0. The van der Waals surface area contributed by atoms with Crippen LogP contribution in [0.25, 0.3) is 16.9 Å². The van der Waals surface area contributed by atoms with Crippen molar-refractivity contribution in [3.05, 3.63) is 40.9 Å². The molecular formula is C25H34N4O4Si. The minimum absolute atomic E-state index is 0.167. The van der Waals surface area contributed by atoms with Gasteiger partial charge in [0.05, 0.1) is 24.0 Å². The van der Waals surface area contributed by atoms with Crippen LogP contribution in [0.5, 0.6) is 11.5 Å². The third-order valence-electron chi connectivity index (χ3n) is 6.56. The van der Waals surface area contributed by atoms with Crippen LogP contribution in [0.1, 0.15) is 19.8 Å². The molecule has 182 valence electrons. The van der Waals surface area contributed by atoms with Gasteiger partial charge in [-0.05, 0) is 44.0 Å². The lowest BCUT2D eigenvalue weighted by molar-refractivity contribution is 0.0871. The topological polar surface area (TPSA) is 70.8 Å². The summed E-state index contributed by atoms with van der Waals surface area (Å²) in [6, 6.07) is 9.11. The molecule has 0 radical (unpaired) electrons. The van der Waals surface area contributed by atoms with Gasteiger partial charge in [-0.2, -0.15) is 0 Å². The summed E-state index contributed by atoms with van der Waals surface area (Å²) in [6.45, 7) is 12.1. The van der Waals surface area contributed by atoms with Crippen LogP contribution < -0.4 is 20.1 Å². The Kier molecular flexibility index (Phi) is 6.16. The van der Waals surface area contributed by atoms with Crippen molar-refractivity contribution in [3.63, 3.8) is 0 Å². The fourth-order valence-electron chi connectivity index (χ4n) is 4.58. The Morgan fingerprint density at radius 2 is 2.00 bits per heavy atom. The van der Waals surface area contributed by atoms with Crippen molar-refractivity contribution in [2.24, 2.45) is 0 Å². The molecule has 0 spiro atoms. The quantitative estimate of drug-likeness (QED) is 0.400. The molecule has 0 aliphatic carbocycles. The summed E-state index contributed by atoms with van der Waals surface area (Å²) < 4.78 is 21.5. The second-order valence-electron chi connectivity index (χ2n) is 10.4. The molecule has 8 nitrogen and oxygen atoms in total. The number of pyridine rings is 1. The number of ether oxygens (including phenoxy) is 3. The van der Waals surface area contributed by atoms with Gasteiger partial charge in [-0.15, -0.1) is 0 Å². The molecule has 0 amide bonds. The number of hydrogen-bond acceptors (Lipinski definition) is 6. The van der Waals surface area contributed by atoms with E-state index >= 15 is 0 Å². The molecule has 3 aromatic rings. The number of rotatable bonds is 5. The predicted octanol–water partition coefficient (Wildman–Crippen LogP) is 4.26. The molecule has 2 bridgehead atoms. The van der Waals surface area contributed by atoms with Gasteiger partial charge in [0.25, 0.3) is 0 Å². The average molecular weight is 483 g/mol. The van der Waals surface area contributed by atoms with E-state index in [1.807, 2.05) is 18.2 Å². The van der Waals surface area contributed by atoms with E-state index in [4.69, 9.17) is 14.2 Å². The van der Waals surface area contributed by atoms with E-state index in [0.717, 1.165) is 42.6 Å². The van der Waals surface area contributed by atoms with E-state index in [9.17, 15) is 4.79 Å². The Hall–Kier alpha value is -2.78. The molecule has 0 fully saturated rings. The molecule has 1 aromatic carbocycles. The molecule has 0 saturated heterocycles. The lowest BCUT2D eigenvalue weighted by Gasteiger charge is -2.37. The molecule has 2 aliphatic rings. The minimum Gasteiger partial charge on any atom is -0.491 e. The molecule has 5 rings (SSSR count). The number of anilines is 1. The summed E-state index contributed by atoms with van der Waals surface area (Å²) in [7, 11) is -1.22. The van der Waals surface area contributed by atoms with E-state index in [1.165, 1.54) is 0 Å². The van der Waals surface area contributed by atoms with Crippen LogP contribution >= 0.6 is 0 Å². The highest BCUT2D eigenvalue weighted by molar-refractivity contribution is 6.76. The largest absolute Gasteiger partial charge is 0.491 e. The van der Waals surface area contributed by atoms with Gasteiger partial charge < -0.3 is 19.1 Å². The van der Waals surface area contributed by atoms with Crippen molar-refractivity contribution in [2.45, 2.75) is 58.2 Å². The number of hydrogen-bond donors (Lipinski definition) is 0. The van der Waals surface area contributed by atoms with E-state index in [-0.39, 0.29) is 18.5 Å². The Bertz CT molecular complexity index is 1250. The molecule has 2 aromatic heterocycles. The van der Waals surface area contributed by atoms with E-state index in [0.29, 0.717) is 36.7 Å². The molecular weight excluding hydrogens is 448 g/mol. The smallest absolute Gasteiger partial charge is 0.337 e. The second-order valence-corrected chi connectivity index (χ2v) is 16.1. The maximum Gasteiger partial charge on any atom is 0.337 e. The monoisotopic (exact) mass is 482 g/mol. The average Bonchev–Trinajstić information content (AvgIpc) is 3.08. The molecule has 4 heterocycles. The van der Waals surface area contributed by atoms with Gasteiger partial charge in [-0.25, -0.2) is 9.78 Å². The molecule has 0 saturated carbocycles. The summed E-state index contributed by atoms with van der Waals surface area (Å²) in [4.78, 5) is 20.7. The van der Waals surface area contributed by atoms with Crippen LogP contribution in [0, 0.1) is 0 Å². The lowest BCUT2D eigenvalue weighted by Crippen LogP contribution is -2.41. The summed E-state index contributed by atoms with van der Waals surface area (Å²) in [5, 5.41) is 0. The Labute approximate surface area is 201 Å². The summed E-state index contributed by atoms with van der Waals surface area (Å²) in [5.41, 5.74) is 2.88. The molecule has 34 heavy (non-hydrogen) atoms. The van der Waals surface area contributed by atoms with E-state index < -0.39 is 8.07 Å². The van der Waals surface area contributed by atoms with Gasteiger partial charge in [-0.1, -0.05) is 19.6 Å². The number of imidazole rings is 1. The Balaban J connectivity index is 1.63. The van der Waals surface area contributed by atoms with Gasteiger partial charge in [0.1, 0.15) is 30.4 Å². The van der Waals surface area contributed by atoms with Crippen LogP contribution in [0.3, 0.4) is 0 Å². The zero-order valence-electron chi connectivity index (χ0n) is 20.5. The highest BCUT2D eigenvalue weighted by Gasteiger charge is 2.27. The van der Waals surface area contributed by atoms with Gasteiger partial charge >= 0.3 is 5.69 Å². The van der Waals surface area contributed by atoms with Gasteiger partial charge in [0.2, 0.25) is 0 Å². The predicted molar refractivity (Wildman–Crippen MR) is 136 cm³/mol. The van der Waals surface area contributed by atoms with Crippen LogP contribution in [0.2, 0.25) is 25.7 Å². The fraction of sp³-hybridized carbons (Fsp3) is 0.520. The van der Waals surface area contributed by atoms with Crippen LogP contribution in [-0.2, 0) is 11.5 Å². The van der Waals surface area contributed by atoms with Gasteiger partial charge in [0, 0.05) is 33.5 Å². The van der Waals surface area contributed by atoms with Crippen molar-refractivity contribution in [1.82, 2.24) is 14.1 Å². The normalized spacial score (nSPS) is 18.1. The summed E-state index contributed by atoms with van der Waals surface area (Å²) in [5.74, 6) is 1.53. The number of fused-ring (bicyclic) bond motifs is 2. The second kappa shape index (κ2) is 9.11. The SMILES string of the molecule is CC1COc2ccc3cc2N1CCCCOc1ccnc2c1n-3c(=O)n2COCC[Si](C)(C)C. The van der Waals surface area contributed by atoms with Crippen LogP contribution in [0.4, 0.5) is 5.69 Å². The van der Waals surface area contributed by atoms with Gasteiger partial charge in [-0.3, -0.25) is 9.13 Å². The third kappa shape index (κ3) is 4.34. The minimum atomic E-state index is -1.22. The Morgan fingerprint density at radius 1 is 1.15 bits per heavy atom. The maximum absolute atomic E-state index is 13.7. The van der Waals surface area contributed by atoms with Gasteiger partial charge in [0.15, 0.2) is 5.65 Å². The number of benzene rings is 1. The molecule has 9 heteroatoms.